The zero-order valence-corrected chi connectivity index (χ0v) is 16.1. The molecule has 0 radical (unpaired) electrons. The molecule has 0 aliphatic heterocycles. The molecule has 0 aliphatic rings. The number of carbonyl (C=O) groups excluding carboxylic acids is 1. The number of benzene rings is 2. The minimum atomic E-state index is -0.149. The SMILES string of the molecule is COc1cccc(-c2cn3c(C(=O)Nc4cccc(C)c4C)csc3n2)c1. The maximum atomic E-state index is 12.8. The molecule has 0 atom stereocenters. The average molecular weight is 377 g/mol. The lowest BCUT2D eigenvalue weighted by Crippen LogP contribution is -2.14. The molecule has 1 amide bonds. The van der Waals surface area contributed by atoms with Crippen LogP contribution in [0.2, 0.25) is 0 Å². The standard InChI is InChI=1S/C21H19N3O2S/c1-13-6-4-9-17(14(13)2)22-20(25)19-12-27-21-23-18(11-24(19)21)15-7-5-8-16(10-15)26-3/h4-12H,1-3H3,(H,22,25). The highest BCUT2D eigenvalue weighted by Crippen LogP contribution is 2.27. The van der Waals surface area contributed by atoms with E-state index in [1.807, 2.05) is 72.3 Å². The number of methoxy groups -OCH3 is 1. The molecule has 2 heterocycles. The number of aryl methyl sites for hydroxylation is 1. The summed E-state index contributed by atoms with van der Waals surface area (Å²) in [5, 5.41) is 4.84. The van der Waals surface area contributed by atoms with Gasteiger partial charge in [0.25, 0.3) is 5.91 Å². The highest BCUT2D eigenvalue weighted by Gasteiger charge is 2.16. The number of ether oxygens (including phenoxy) is 1. The Bertz CT molecular complexity index is 1140. The van der Waals surface area contributed by atoms with Gasteiger partial charge in [-0.3, -0.25) is 9.20 Å². The summed E-state index contributed by atoms with van der Waals surface area (Å²) in [5.74, 6) is 0.626. The van der Waals surface area contributed by atoms with Crippen LogP contribution in [-0.2, 0) is 0 Å². The van der Waals surface area contributed by atoms with Gasteiger partial charge in [-0.15, -0.1) is 11.3 Å². The highest BCUT2D eigenvalue weighted by molar-refractivity contribution is 7.15. The maximum absolute atomic E-state index is 12.8. The first-order valence-electron chi connectivity index (χ1n) is 8.55. The van der Waals surface area contributed by atoms with Gasteiger partial charge in [0.2, 0.25) is 0 Å². The number of fused-ring (bicyclic) bond motifs is 1. The van der Waals surface area contributed by atoms with E-state index >= 15 is 0 Å². The third-order valence-electron chi connectivity index (χ3n) is 4.66. The van der Waals surface area contributed by atoms with E-state index in [0.717, 1.165) is 38.8 Å². The first-order valence-corrected chi connectivity index (χ1v) is 9.43. The third-order valence-corrected chi connectivity index (χ3v) is 5.50. The second-order valence-corrected chi connectivity index (χ2v) is 7.17. The van der Waals surface area contributed by atoms with Crippen molar-refractivity contribution in [3.63, 3.8) is 0 Å². The average Bonchev–Trinajstić information content (AvgIpc) is 3.26. The van der Waals surface area contributed by atoms with Crippen LogP contribution in [0.1, 0.15) is 21.6 Å². The Morgan fingerprint density at radius 2 is 2.00 bits per heavy atom. The van der Waals surface area contributed by atoms with Gasteiger partial charge in [-0.2, -0.15) is 0 Å². The molecule has 0 bridgehead atoms. The van der Waals surface area contributed by atoms with Crippen LogP contribution in [0.4, 0.5) is 5.69 Å². The number of thiazole rings is 1. The first-order chi connectivity index (χ1) is 13.1. The minimum absolute atomic E-state index is 0.149. The van der Waals surface area contributed by atoms with Crippen LogP contribution in [-0.4, -0.2) is 22.4 Å². The molecule has 0 fully saturated rings. The summed E-state index contributed by atoms with van der Waals surface area (Å²) < 4.78 is 7.12. The molecule has 6 heteroatoms. The largest absolute Gasteiger partial charge is 0.497 e. The van der Waals surface area contributed by atoms with Crippen molar-refractivity contribution in [1.29, 1.82) is 0 Å². The molecule has 4 aromatic rings. The van der Waals surface area contributed by atoms with Crippen molar-refractivity contribution >= 4 is 27.9 Å². The number of aromatic nitrogens is 2. The molecule has 2 aromatic carbocycles. The van der Waals surface area contributed by atoms with Crippen molar-refractivity contribution < 1.29 is 9.53 Å². The second-order valence-electron chi connectivity index (χ2n) is 6.33. The number of hydrogen-bond donors (Lipinski definition) is 1. The quantitative estimate of drug-likeness (QED) is 0.548. The third kappa shape index (κ3) is 3.19. The fraction of sp³-hybridized carbons (Fsp3) is 0.143. The van der Waals surface area contributed by atoms with Crippen LogP contribution < -0.4 is 10.1 Å². The van der Waals surface area contributed by atoms with E-state index < -0.39 is 0 Å². The Hall–Kier alpha value is -3.12. The van der Waals surface area contributed by atoms with E-state index in [2.05, 4.69) is 10.3 Å². The predicted molar refractivity (Wildman–Crippen MR) is 109 cm³/mol. The van der Waals surface area contributed by atoms with Gasteiger partial charge in [0.15, 0.2) is 4.96 Å². The summed E-state index contributed by atoms with van der Waals surface area (Å²) >= 11 is 1.45. The van der Waals surface area contributed by atoms with Gasteiger partial charge in [-0.25, -0.2) is 4.98 Å². The van der Waals surface area contributed by atoms with Crippen LogP contribution in [0, 0.1) is 13.8 Å². The molecule has 1 N–H and O–H groups in total. The monoisotopic (exact) mass is 377 g/mol. The summed E-state index contributed by atoms with van der Waals surface area (Å²) in [5.41, 5.74) is 5.36. The Morgan fingerprint density at radius 1 is 1.19 bits per heavy atom. The molecule has 27 heavy (non-hydrogen) atoms. The molecule has 0 saturated heterocycles. The number of nitrogens with one attached hydrogen (secondary N) is 1. The van der Waals surface area contributed by atoms with Gasteiger partial charge < -0.3 is 10.1 Å². The lowest BCUT2D eigenvalue weighted by atomic mass is 10.1. The van der Waals surface area contributed by atoms with E-state index in [-0.39, 0.29) is 5.91 Å². The van der Waals surface area contributed by atoms with Crippen LogP contribution >= 0.6 is 11.3 Å². The molecule has 0 unspecified atom stereocenters. The van der Waals surface area contributed by atoms with E-state index in [4.69, 9.17) is 4.74 Å². The number of rotatable bonds is 4. The molecular weight excluding hydrogens is 358 g/mol. The predicted octanol–water partition coefficient (Wildman–Crippen LogP) is 4.94. The van der Waals surface area contributed by atoms with Crippen molar-refractivity contribution in [2.45, 2.75) is 13.8 Å². The normalized spacial score (nSPS) is 10.9. The molecule has 5 nitrogen and oxygen atoms in total. The lowest BCUT2D eigenvalue weighted by molar-refractivity contribution is 0.102. The Morgan fingerprint density at radius 3 is 2.81 bits per heavy atom. The van der Waals surface area contributed by atoms with Gasteiger partial charge in [0.05, 0.1) is 12.8 Å². The minimum Gasteiger partial charge on any atom is -0.497 e. The van der Waals surface area contributed by atoms with E-state index in [0.29, 0.717) is 5.69 Å². The molecular formula is C21H19N3O2S. The molecule has 2 aromatic heterocycles. The van der Waals surface area contributed by atoms with Gasteiger partial charge in [-0.05, 0) is 43.2 Å². The Kier molecular flexibility index (Phi) is 4.41. The number of imidazole rings is 1. The molecule has 0 saturated carbocycles. The fourth-order valence-corrected chi connectivity index (χ4v) is 3.79. The number of anilines is 1. The van der Waals surface area contributed by atoms with Crippen LogP contribution in [0.15, 0.2) is 54.0 Å². The summed E-state index contributed by atoms with van der Waals surface area (Å²) in [7, 11) is 1.64. The maximum Gasteiger partial charge on any atom is 0.273 e. The molecule has 0 spiro atoms. The summed E-state index contributed by atoms with van der Waals surface area (Å²) in [4.78, 5) is 18.2. The molecule has 0 aliphatic carbocycles. The first kappa shape index (κ1) is 17.3. The second kappa shape index (κ2) is 6.89. The van der Waals surface area contributed by atoms with Gasteiger partial charge in [0.1, 0.15) is 11.4 Å². The lowest BCUT2D eigenvalue weighted by Gasteiger charge is -2.09. The molecule has 4 rings (SSSR count). The summed E-state index contributed by atoms with van der Waals surface area (Å²) in [6.07, 6.45) is 1.89. The van der Waals surface area contributed by atoms with Gasteiger partial charge in [-0.1, -0.05) is 24.3 Å². The zero-order valence-electron chi connectivity index (χ0n) is 15.3. The fourth-order valence-electron chi connectivity index (χ4n) is 2.94. The summed E-state index contributed by atoms with van der Waals surface area (Å²) in [6.45, 7) is 4.04. The van der Waals surface area contributed by atoms with Gasteiger partial charge >= 0.3 is 0 Å². The zero-order chi connectivity index (χ0) is 19.0. The number of nitrogens with zero attached hydrogens (tertiary/aromatic N) is 2. The number of carbonyl (C=O) groups is 1. The van der Waals surface area contributed by atoms with E-state index in [1.165, 1.54) is 11.3 Å². The topological polar surface area (TPSA) is 55.6 Å². The van der Waals surface area contributed by atoms with Crippen molar-refractivity contribution in [2.24, 2.45) is 0 Å². The highest BCUT2D eigenvalue weighted by atomic mass is 32.1. The summed E-state index contributed by atoms with van der Waals surface area (Å²) in [6, 6.07) is 13.6. The van der Waals surface area contributed by atoms with Crippen molar-refractivity contribution in [3.05, 3.63) is 70.9 Å². The van der Waals surface area contributed by atoms with Crippen LogP contribution in [0.5, 0.6) is 5.75 Å². The Labute approximate surface area is 161 Å². The smallest absolute Gasteiger partial charge is 0.273 e. The molecule has 136 valence electrons. The van der Waals surface area contributed by atoms with E-state index in [1.54, 1.807) is 7.11 Å². The van der Waals surface area contributed by atoms with Crippen LogP contribution in [0.3, 0.4) is 0 Å². The van der Waals surface area contributed by atoms with Gasteiger partial charge in [0, 0.05) is 22.8 Å². The number of hydrogen-bond acceptors (Lipinski definition) is 4. The number of amides is 1. The Balaban J connectivity index is 1.67. The van der Waals surface area contributed by atoms with E-state index in [9.17, 15) is 4.79 Å². The van der Waals surface area contributed by atoms with Crippen molar-refractivity contribution in [1.82, 2.24) is 9.38 Å². The van der Waals surface area contributed by atoms with Crippen LogP contribution in [0.25, 0.3) is 16.2 Å². The van der Waals surface area contributed by atoms with Crippen molar-refractivity contribution in [3.8, 4) is 17.0 Å². The van der Waals surface area contributed by atoms with Crippen molar-refractivity contribution in [2.75, 3.05) is 12.4 Å².